The molecule has 2 saturated heterocycles. The highest BCUT2D eigenvalue weighted by Crippen LogP contribution is 2.35. The summed E-state index contributed by atoms with van der Waals surface area (Å²) in [6.45, 7) is 4.00. The van der Waals surface area contributed by atoms with Crippen molar-refractivity contribution in [2.45, 2.75) is 26.3 Å². The molecule has 0 spiro atoms. The molecule has 2 heterocycles. The third-order valence-electron chi connectivity index (χ3n) is 6.40. The van der Waals surface area contributed by atoms with Gasteiger partial charge in [-0.2, -0.15) is 0 Å². The van der Waals surface area contributed by atoms with Gasteiger partial charge in [0.25, 0.3) is 17.1 Å². The number of fused-ring (bicyclic) bond motifs is 1. The van der Waals surface area contributed by atoms with E-state index in [1.54, 1.807) is 24.3 Å². The normalized spacial score (nSPS) is 16.7. The van der Waals surface area contributed by atoms with E-state index in [9.17, 15) is 14.4 Å². The third-order valence-corrected chi connectivity index (χ3v) is 7.31. The zero-order valence-corrected chi connectivity index (χ0v) is 21.5. The molecule has 7 nitrogen and oxygen atoms in total. The molecule has 0 radical (unpaired) electrons. The predicted octanol–water partition coefficient (Wildman–Crippen LogP) is 5.48. The van der Waals surface area contributed by atoms with Crippen molar-refractivity contribution in [3.8, 4) is 11.5 Å². The monoisotopic (exact) mass is 516 g/mol. The van der Waals surface area contributed by atoms with Gasteiger partial charge < -0.3 is 14.4 Å². The number of hydrogen-bond acceptors (Lipinski definition) is 6. The lowest BCUT2D eigenvalue weighted by Crippen LogP contribution is -2.32. The van der Waals surface area contributed by atoms with E-state index in [0.29, 0.717) is 28.6 Å². The molecule has 3 amide bonds. The number of benzene rings is 3. The molecule has 0 aliphatic carbocycles. The van der Waals surface area contributed by atoms with Crippen LogP contribution in [-0.4, -0.2) is 53.2 Å². The summed E-state index contributed by atoms with van der Waals surface area (Å²) in [5.74, 6) is 0.596. The lowest BCUT2D eigenvalue weighted by atomic mass is 10.1. The topological polar surface area (TPSA) is 76.1 Å². The first-order chi connectivity index (χ1) is 18.0. The maximum Gasteiger partial charge on any atom is 0.293 e. The van der Waals surface area contributed by atoms with Gasteiger partial charge in [-0.3, -0.25) is 19.3 Å². The average molecular weight is 517 g/mol. The molecule has 0 bridgehead atoms. The van der Waals surface area contributed by atoms with Crippen LogP contribution in [0.15, 0.2) is 65.6 Å². The first-order valence-electron chi connectivity index (χ1n) is 12.4. The Balaban J connectivity index is 1.29. The van der Waals surface area contributed by atoms with Crippen molar-refractivity contribution in [2.24, 2.45) is 0 Å². The van der Waals surface area contributed by atoms with Crippen LogP contribution >= 0.6 is 11.8 Å². The van der Waals surface area contributed by atoms with Crippen molar-refractivity contribution in [3.05, 3.63) is 76.7 Å². The molecule has 2 aliphatic heterocycles. The molecule has 37 heavy (non-hydrogen) atoms. The van der Waals surface area contributed by atoms with E-state index in [1.165, 1.54) is 4.90 Å². The van der Waals surface area contributed by atoms with Gasteiger partial charge in [0, 0.05) is 13.1 Å². The van der Waals surface area contributed by atoms with Gasteiger partial charge in [-0.15, -0.1) is 0 Å². The summed E-state index contributed by atoms with van der Waals surface area (Å²) in [6, 6.07) is 19.2. The Bertz CT molecular complexity index is 1380. The lowest BCUT2D eigenvalue weighted by molar-refractivity contribution is -0.132. The maximum absolute atomic E-state index is 13.1. The van der Waals surface area contributed by atoms with Gasteiger partial charge >= 0.3 is 0 Å². The van der Waals surface area contributed by atoms with Crippen LogP contribution in [0.1, 0.15) is 30.9 Å². The van der Waals surface area contributed by atoms with E-state index in [-0.39, 0.29) is 30.2 Å². The molecular formula is C29H28N2O5S. The second-order valence-corrected chi connectivity index (χ2v) is 9.96. The zero-order valence-electron chi connectivity index (χ0n) is 20.6. The van der Waals surface area contributed by atoms with Crippen molar-refractivity contribution >= 4 is 45.7 Å². The Morgan fingerprint density at radius 1 is 0.946 bits per heavy atom. The molecular weight excluding hydrogens is 488 g/mol. The van der Waals surface area contributed by atoms with Crippen LogP contribution < -0.4 is 9.47 Å². The van der Waals surface area contributed by atoms with E-state index in [0.717, 1.165) is 54.0 Å². The molecule has 0 saturated carbocycles. The summed E-state index contributed by atoms with van der Waals surface area (Å²) in [5.41, 5.74) is 1.60. The summed E-state index contributed by atoms with van der Waals surface area (Å²) < 4.78 is 11.5. The Morgan fingerprint density at radius 2 is 1.73 bits per heavy atom. The van der Waals surface area contributed by atoms with E-state index in [1.807, 2.05) is 54.3 Å². The number of imide groups is 1. The predicted molar refractivity (Wildman–Crippen MR) is 144 cm³/mol. The second kappa shape index (κ2) is 11.1. The quantitative estimate of drug-likeness (QED) is 0.369. The fraction of sp³-hybridized carbons (Fsp3) is 0.276. The largest absolute Gasteiger partial charge is 0.490 e. The fourth-order valence-corrected chi connectivity index (χ4v) is 5.34. The number of thioether (sulfide) groups is 1. The van der Waals surface area contributed by atoms with Gasteiger partial charge in [-0.05, 0) is 77.7 Å². The number of rotatable bonds is 8. The Hall–Kier alpha value is -3.78. The highest BCUT2D eigenvalue weighted by Gasteiger charge is 2.35. The summed E-state index contributed by atoms with van der Waals surface area (Å²) in [7, 11) is 0. The lowest BCUT2D eigenvalue weighted by Gasteiger charge is -2.17. The van der Waals surface area contributed by atoms with E-state index in [2.05, 4.69) is 0 Å². The van der Waals surface area contributed by atoms with Crippen LogP contribution in [0.25, 0.3) is 16.8 Å². The van der Waals surface area contributed by atoms with Gasteiger partial charge in [-0.1, -0.05) is 42.5 Å². The van der Waals surface area contributed by atoms with E-state index in [4.69, 9.17) is 9.47 Å². The van der Waals surface area contributed by atoms with Gasteiger partial charge in [0.05, 0.1) is 18.1 Å². The molecule has 3 aromatic rings. The van der Waals surface area contributed by atoms with Gasteiger partial charge in [0.15, 0.2) is 18.1 Å². The minimum Gasteiger partial charge on any atom is -0.490 e. The smallest absolute Gasteiger partial charge is 0.293 e. The number of hydrogen-bond donors (Lipinski definition) is 0. The number of nitrogens with zero attached hydrogens (tertiary/aromatic N) is 2. The molecule has 190 valence electrons. The van der Waals surface area contributed by atoms with Crippen LogP contribution in [0.3, 0.4) is 0 Å². The minimum absolute atomic E-state index is 0.0379. The van der Waals surface area contributed by atoms with Gasteiger partial charge in [-0.25, -0.2) is 0 Å². The van der Waals surface area contributed by atoms with Crippen LogP contribution in [-0.2, 0) is 16.1 Å². The second-order valence-electron chi connectivity index (χ2n) is 8.97. The SMILES string of the molecule is CCOc1cc(/C=C2\SC(=O)N(Cc3ccc4ccccc4c3)C2=O)ccc1OCC(=O)N1CCCC1. The summed E-state index contributed by atoms with van der Waals surface area (Å²) in [4.78, 5) is 41.6. The molecule has 8 heteroatoms. The summed E-state index contributed by atoms with van der Waals surface area (Å²) in [5, 5.41) is 1.88. The van der Waals surface area contributed by atoms with E-state index >= 15 is 0 Å². The Kier molecular flexibility index (Phi) is 7.46. The Morgan fingerprint density at radius 3 is 2.51 bits per heavy atom. The van der Waals surface area contributed by atoms with Crippen LogP contribution in [0.2, 0.25) is 0 Å². The van der Waals surface area contributed by atoms with E-state index < -0.39 is 0 Å². The van der Waals surface area contributed by atoms with Crippen LogP contribution in [0, 0.1) is 0 Å². The standard InChI is InChI=1S/C29H28N2O5S/c1-2-35-25-16-20(10-12-24(25)36-19-27(32)30-13-5-6-14-30)17-26-28(33)31(29(34)37-26)18-21-9-11-22-7-3-4-8-23(22)15-21/h3-4,7-12,15-17H,2,5-6,13-14,18-19H2,1H3/b26-17-. The molecule has 3 aromatic carbocycles. The van der Waals surface area contributed by atoms with Crippen molar-refractivity contribution in [1.82, 2.24) is 9.80 Å². The van der Waals surface area contributed by atoms with Crippen molar-refractivity contribution in [1.29, 1.82) is 0 Å². The molecule has 0 atom stereocenters. The highest BCUT2D eigenvalue weighted by atomic mass is 32.2. The summed E-state index contributed by atoms with van der Waals surface area (Å²) in [6.07, 6.45) is 3.74. The first-order valence-corrected chi connectivity index (χ1v) is 13.2. The number of likely N-dealkylation sites (tertiary alicyclic amines) is 1. The first kappa shape index (κ1) is 24.9. The van der Waals surface area contributed by atoms with Crippen molar-refractivity contribution < 1.29 is 23.9 Å². The summed E-state index contributed by atoms with van der Waals surface area (Å²) >= 11 is 0.927. The highest BCUT2D eigenvalue weighted by molar-refractivity contribution is 8.18. The third kappa shape index (κ3) is 5.64. The number of carbonyl (C=O) groups excluding carboxylic acids is 3. The number of carbonyl (C=O) groups is 3. The van der Waals surface area contributed by atoms with Gasteiger partial charge in [0.2, 0.25) is 0 Å². The molecule has 0 aromatic heterocycles. The molecule has 2 aliphatic rings. The molecule has 0 N–H and O–H groups in total. The molecule has 5 rings (SSSR count). The van der Waals surface area contributed by atoms with Crippen molar-refractivity contribution in [3.63, 3.8) is 0 Å². The molecule has 0 unspecified atom stereocenters. The fourth-order valence-electron chi connectivity index (χ4n) is 4.51. The molecule has 2 fully saturated rings. The van der Waals surface area contributed by atoms with Crippen molar-refractivity contribution in [2.75, 3.05) is 26.3 Å². The maximum atomic E-state index is 13.1. The number of amides is 3. The Labute approximate surface area is 220 Å². The number of ether oxygens (including phenoxy) is 2. The van der Waals surface area contributed by atoms with Crippen LogP contribution in [0.4, 0.5) is 4.79 Å². The van der Waals surface area contributed by atoms with Gasteiger partial charge in [0.1, 0.15) is 0 Å². The minimum atomic E-state index is -0.322. The zero-order chi connectivity index (χ0) is 25.8. The average Bonchev–Trinajstić information content (AvgIpc) is 3.53. The van der Waals surface area contributed by atoms with Crippen LogP contribution in [0.5, 0.6) is 11.5 Å².